The van der Waals surface area contributed by atoms with Crippen LogP contribution in [0.1, 0.15) is 30.6 Å². The van der Waals surface area contributed by atoms with Crippen LogP contribution in [0.5, 0.6) is 0 Å². The number of hydrogen-bond acceptors (Lipinski definition) is 3. The summed E-state index contributed by atoms with van der Waals surface area (Å²) in [6.07, 6.45) is 1.12. The first-order valence-electron chi connectivity index (χ1n) is 6.64. The second-order valence-corrected chi connectivity index (χ2v) is 4.84. The molecule has 0 spiro atoms. The summed E-state index contributed by atoms with van der Waals surface area (Å²) in [5.41, 5.74) is 6.62. The maximum Gasteiger partial charge on any atom is 0.252 e. The first-order valence-corrected chi connectivity index (χ1v) is 7.01. The Bertz CT molecular complexity index is 423. The fraction of sp³-hybridized carbons (Fsp3) is 0.500. The molecular weight excluding hydrogens is 262 g/mol. The van der Waals surface area contributed by atoms with Crippen molar-refractivity contribution in [1.82, 2.24) is 10.2 Å². The van der Waals surface area contributed by atoms with Gasteiger partial charge in [0.05, 0.1) is 10.6 Å². The number of amides is 1. The molecule has 4 nitrogen and oxygen atoms in total. The molecule has 0 aliphatic rings. The quantitative estimate of drug-likeness (QED) is 0.756. The van der Waals surface area contributed by atoms with Crippen molar-refractivity contribution >= 4 is 23.2 Å². The maximum atomic E-state index is 11.9. The van der Waals surface area contributed by atoms with Gasteiger partial charge in [-0.2, -0.15) is 0 Å². The number of hydrogen-bond donors (Lipinski definition) is 2. The number of nitrogens with two attached hydrogens (primary N) is 1. The van der Waals surface area contributed by atoms with Gasteiger partial charge in [-0.3, -0.25) is 4.79 Å². The van der Waals surface area contributed by atoms with E-state index in [0.29, 0.717) is 22.8 Å². The second-order valence-electron chi connectivity index (χ2n) is 4.43. The van der Waals surface area contributed by atoms with Gasteiger partial charge in [-0.15, -0.1) is 0 Å². The van der Waals surface area contributed by atoms with E-state index in [2.05, 4.69) is 24.1 Å². The van der Waals surface area contributed by atoms with E-state index >= 15 is 0 Å². The molecule has 1 rings (SSSR count). The third-order valence-electron chi connectivity index (χ3n) is 2.94. The molecule has 0 bridgehead atoms. The maximum absolute atomic E-state index is 11.9. The fourth-order valence-corrected chi connectivity index (χ4v) is 2.16. The minimum atomic E-state index is -0.155. The molecule has 0 unspecified atom stereocenters. The lowest BCUT2D eigenvalue weighted by molar-refractivity contribution is 0.0949. The van der Waals surface area contributed by atoms with Gasteiger partial charge in [0.1, 0.15) is 0 Å². The van der Waals surface area contributed by atoms with Gasteiger partial charge >= 0.3 is 0 Å². The Morgan fingerprint density at radius 3 is 2.68 bits per heavy atom. The Labute approximate surface area is 119 Å². The summed E-state index contributed by atoms with van der Waals surface area (Å²) >= 11 is 5.99. The van der Waals surface area contributed by atoms with E-state index in [0.717, 1.165) is 26.1 Å². The van der Waals surface area contributed by atoms with E-state index < -0.39 is 0 Å². The Morgan fingerprint density at radius 1 is 1.37 bits per heavy atom. The predicted molar refractivity (Wildman–Crippen MR) is 80.6 cm³/mol. The number of anilines is 1. The van der Waals surface area contributed by atoms with Crippen LogP contribution in [0, 0.1) is 0 Å². The molecule has 5 heteroatoms. The normalized spacial score (nSPS) is 10.7. The molecule has 0 aliphatic carbocycles. The van der Waals surface area contributed by atoms with E-state index in [1.165, 1.54) is 0 Å². The number of benzene rings is 1. The molecular formula is C14H22ClN3O. The first kappa shape index (κ1) is 15.8. The summed E-state index contributed by atoms with van der Waals surface area (Å²) in [6, 6.07) is 4.92. The van der Waals surface area contributed by atoms with Crippen LogP contribution in [-0.2, 0) is 0 Å². The molecule has 3 N–H and O–H groups in total. The Balaban J connectivity index is 2.47. The van der Waals surface area contributed by atoms with Crippen LogP contribution >= 0.6 is 11.6 Å². The predicted octanol–water partition coefficient (Wildman–Crippen LogP) is 2.38. The zero-order chi connectivity index (χ0) is 14.3. The highest BCUT2D eigenvalue weighted by Gasteiger charge is 2.10. The summed E-state index contributed by atoms with van der Waals surface area (Å²) in [5.74, 6) is -0.155. The summed E-state index contributed by atoms with van der Waals surface area (Å²) < 4.78 is 0. The van der Waals surface area contributed by atoms with Gasteiger partial charge in [-0.1, -0.05) is 25.4 Å². The molecule has 0 aliphatic heterocycles. The number of carbonyl (C=O) groups is 1. The highest BCUT2D eigenvalue weighted by molar-refractivity contribution is 6.34. The Morgan fingerprint density at radius 2 is 2.11 bits per heavy atom. The van der Waals surface area contributed by atoms with Gasteiger partial charge in [0, 0.05) is 18.8 Å². The van der Waals surface area contributed by atoms with E-state index in [1.807, 2.05) is 0 Å². The lowest BCUT2D eigenvalue weighted by atomic mass is 10.2. The Kier molecular flexibility index (Phi) is 6.67. The highest BCUT2D eigenvalue weighted by Crippen LogP contribution is 2.18. The van der Waals surface area contributed by atoms with Crippen molar-refractivity contribution in [3.05, 3.63) is 28.8 Å². The smallest absolute Gasteiger partial charge is 0.252 e. The van der Waals surface area contributed by atoms with Crippen molar-refractivity contribution < 1.29 is 4.79 Å². The number of carbonyl (C=O) groups excluding carboxylic acids is 1. The van der Waals surface area contributed by atoms with Crippen LogP contribution in [0.3, 0.4) is 0 Å². The lowest BCUT2D eigenvalue weighted by Gasteiger charge is -2.19. The van der Waals surface area contributed by atoms with Crippen molar-refractivity contribution in [2.75, 3.05) is 31.9 Å². The molecule has 0 saturated carbocycles. The van der Waals surface area contributed by atoms with Crippen molar-refractivity contribution in [1.29, 1.82) is 0 Å². The third kappa shape index (κ3) is 5.09. The van der Waals surface area contributed by atoms with Gasteiger partial charge in [0.2, 0.25) is 0 Å². The van der Waals surface area contributed by atoms with Crippen LogP contribution in [0.15, 0.2) is 18.2 Å². The number of halogens is 1. The van der Waals surface area contributed by atoms with E-state index in [1.54, 1.807) is 18.2 Å². The average Bonchev–Trinajstić information content (AvgIpc) is 2.37. The number of nitrogens with one attached hydrogen (secondary N) is 1. The highest BCUT2D eigenvalue weighted by atomic mass is 35.5. The van der Waals surface area contributed by atoms with Gasteiger partial charge in [-0.05, 0) is 37.7 Å². The molecule has 0 radical (unpaired) electrons. The van der Waals surface area contributed by atoms with Crippen molar-refractivity contribution in [2.45, 2.75) is 20.3 Å². The molecule has 0 heterocycles. The van der Waals surface area contributed by atoms with Gasteiger partial charge in [0.15, 0.2) is 0 Å². The average molecular weight is 284 g/mol. The number of rotatable bonds is 7. The molecule has 0 fully saturated rings. The van der Waals surface area contributed by atoms with Crippen LogP contribution < -0.4 is 11.1 Å². The zero-order valence-electron chi connectivity index (χ0n) is 11.6. The number of nitrogen functional groups attached to an aromatic ring is 1. The monoisotopic (exact) mass is 283 g/mol. The number of likely N-dealkylation sites (N-methyl/N-ethyl adjacent to an activating group) is 1. The van der Waals surface area contributed by atoms with Crippen molar-refractivity contribution in [2.24, 2.45) is 0 Å². The second kappa shape index (κ2) is 8.02. The number of nitrogens with zero attached hydrogens (tertiary/aromatic N) is 1. The van der Waals surface area contributed by atoms with Crippen molar-refractivity contribution in [3.8, 4) is 0 Å². The van der Waals surface area contributed by atoms with Gasteiger partial charge in [-0.25, -0.2) is 0 Å². The molecule has 0 aromatic heterocycles. The zero-order valence-corrected chi connectivity index (χ0v) is 12.3. The van der Waals surface area contributed by atoms with E-state index in [-0.39, 0.29) is 5.91 Å². The lowest BCUT2D eigenvalue weighted by Crippen LogP contribution is -2.35. The third-order valence-corrected chi connectivity index (χ3v) is 3.25. The molecule has 19 heavy (non-hydrogen) atoms. The van der Waals surface area contributed by atoms with Gasteiger partial charge < -0.3 is 16.0 Å². The molecule has 1 aromatic carbocycles. The van der Waals surface area contributed by atoms with E-state index in [4.69, 9.17) is 17.3 Å². The fourth-order valence-electron chi connectivity index (χ4n) is 1.88. The Hall–Kier alpha value is -1.26. The minimum absolute atomic E-state index is 0.155. The minimum Gasteiger partial charge on any atom is -0.399 e. The van der Waals surface area contributed by atoms with Crippen LogP contribution in [0.2, 0.25) is 5.02 Å². The summed E-state index contributed by atoms with van der Waals surface area (Å²) in [4.78, 5) is 14.2. The molecule has 1 aromatic rings. The largest absolute Gasteiger partial charge is 0.399 e. The topological polar surface area (TPSA) is 58.4 Å². The van der Waals surface area contributed by atoms with Gasteiger partial charge in [0.25, 0.3) is 5.91 Å². The summed E-state index contributed by atoms with van der Waals surface area (Å²) in [6.45, 7) is 7.78. The van der Waals surface area contributed by atoms with E-state index in [9.17, 15) is 4.79 Å². The van der Waals surface area contributed by atoms with Crippen molar-refractivity contribution in [3.63, 3.8) is 0 Å². The van der Waals surface area contributed by atoms with Crippen LogP contribution in [0.25, 0.3) is 0 Å². The van der Waals surface area contributed by atoms with Crippen LogP contribution in [0.4, 0.5) is 5.69 Å². The summed E-state index contributed by atoms with van der Waals surface area (Å²) in [5, 5.41) is 3.26. The standard InChI is InChI=1S/C14H22ClN3O/c1-3-8-18(4-2)9-7-17-14(19)12-6-5-11(16)10-13(12)15/h5-6,10H,3-4,7-9,16H2,1-2H3,(H,17,19). The van der Waals surface area contributed by atoms with Crippen LogP contribution in [-0.4, -0.2) is 37.0 Å². The molecule has 0 saturated heterocycles. The molecule has 0 atom stereocenters. The summed E-state index contributed by atoms with van der Waals surface area (Å²) in [7, 11) is 0. The molecule has 1 amide bonds. The SMILES string of the molecule is CCCN(CC)CCNC(=O)c1ccc(N)cc1Cl. The molecule has 106 valence electrons. The first-order chi connectivity index (χ1) is 9.08.